The number of nitrogens with zero attached hydrogens (tertiary/aromatic N) is 3. The van der Waals surface area contributed by atoms with E-state index in [9.17, 15) is 22.8 Å². The molecule has 0 N–H and O–H groups in total. The Hall–Kier alpha value is -2.14. The molecular formula is C18H14Br2F3N3O3. The monoisotopic (exact) mass is 535 g/mol. The van der Waals surface area contributed by atoms with Gasteiger partial charge < -0.3 is 9.64 Å². The first-order valence-electron chi connectivity index (χ1n) is 8.22. The van der Waals surface area contributed by atoms with Gasteiger partial charge in [-0.2, -0.15) is 0 Å². The Kier molecular flexibility index (Phi) is 5.65. The summed E-state index contributed by atoms with van der Waals surface area (Å²) in [5.74, 6) is -0.929. The van der Waals surface area contributed by atoms with Crippen LogP contribution in [-0.4, -0.2) is 33.7 Å². The van der Waals surface area contributed by atoms with Gasteiger partial charge in [0, 0.05) is 6.54 Å². The van der Waals surface area contributed by atoms with Gasteiger partial charge in [0.15, 0.2) is 0 Å². The number of hydrogen-bond donors (Lipinski definition) is 0. The highest BCUT2D eigenvalue weighted by molar-refractivity contribution is 9.11. The molecule has 1 aromatic carbocycles. The number of carbonyl (C=O) groups excluding carboxylic acids is 2. The number of imide groups is 1. The molecule has 2 heterocycles. The fourth-order valence-corrected chi connectivity index (χ4v) is 4.12. The van der Waals surface area contributed by atoms with Crippen molar-refractivity contribution < 1.29 is 27.5 Å². The summed E-state index contributed by atoms with van der Waals surface area (Å²) in [5, 5.41) is 0. The Morgan fingerprint density at radius 1 is 1.07 bits per heavy atom. The van der Waals surface area contributed by atoms with Gasteiger partial charge in [0.2, 0.25) is 0 Å². The molecule has 3 rings (SSSR count). The number of ether oxygens (including phenoxy) is 1. The molecule has 6 nitrogen and oxygen atoms in total. The Balaban J connectivity index is 1.88. The molecule has 0 radical (unpaired) electrons. The molecule has 11 heteroatoms. The lowest BCUT2D eigenvalue weighted by atomic mass is 10.0. The van der Waals surface area contributed by atoms with Crippen LogP contribution in [0, 0.1) is 0 Å². The van der Waals surface area contributed by atoms with Gasteiger partial charge in [0.1, 0.15) is 20.5 Å². The SMILES string of the molecule is CC1(C)C(=O)N(c2ccc(OC(F)(F)F)cc2)C(=O)N1Cc1cc(Br)nc(Br)c1. The van der Waals surface area contributed by atoms with Crippen molar-refractivity contribution in [2.75, 3.05) is 4.90 Å². The van der Waals surface area contributed by atoms with E-state index >= 15 is 0 Å². The smallest absolute Gasteiger partial charge is 0.406 e. The van der Waals surface area contributed by atoms with Crippen LogP contribution in [0.25, 0.3) is 0 Å². The number of amides is 3. The zero-order valence-electron chi connectivity index (χ0n) is 15.1. The number of urea groups is 1. The molecule has 0 spiro atoms. The summed E-state index contributed by atoms with van der Waals surface area (Å²) in [7, 11) is 0. The summed E-state index contributed by atoms with van der Waals surface area (Å²) in [6.07, 6.45) is -4.83. The number of hydrogen-bond acceptors (Lipinski definition) is 4. The van der Waals surface area contributed by atoms with Crippen LogP contribution >= 0.6 is 31.9 Å². The molecule has 2 aromatic rings. The summed E-state index contributed by atoms with van der Waals surface area (Å²) in [6, 6.07) is 7.45. The van der Waals surface area contributed by atoms with Crippen LogP contribution < -0.4 is 9.64 Å². The van der Waals surface area contributed by atoms with Gasteiger partial charge in [0.05, 0.1) is 5.69 Å². The minimum Gasteiger partial charge on any atom is -0.406 e. The van der Waals surface area contributed by atoms with E-state index < -0.39 is 29.6 Å². The Morgan fingerprint density at radius 3 is 2.14 bits per heavy atom. The van der Waals surface area contributed by atoms with Gasteiger partial charge in [-0.1, -0.05) is 0 Å². The van der Waals surface area contributed by atoms with Crippen LogP contribution in [0.2, 0.25) is 0 Å². The predicted octanol–water partition coefficient (Wildman–Crippen LogP) is 5.25. The summed E-state index contributed by atoms with van der Waals surface area (Å²) < 4.78 is 41.9. The molecule has 0 aliphatic carbocycles. The second-order valence-corrected chi connectivity index (χ2v) is 8.36. The van der Waals surface area contributed by atoms with Gasteiger partial charge in [0.25, 0.3) is 5.91 Å². The number of rotatable bonds is 4. The molecule has 0 unspecified atom stereocenters. The minimum absolute atomic E-state index is 0.142. The van der Waals surface area contributed by atoms with E-state index in [-0.39, 0.29) is 12.2 Å². The van der Waals surface area contributed by atoms with E-state index in [4.69, 9.17) is 0 Å². The van der Waals surface area contributed by atoms with Crippen LogP contribution in [-0.2, 0) is 11.3 Å². The van der Waals surface area contributed by atoms with E-state index in [1.54, 1.807) is 26.0 Å². The van der Waals surface area contributed by atoms with Gasteiger partial charge >= 0.3 is 12.4 Å². The largest absolute Gasteiger partial charge is 0.573 e. The average molecular weight is 537 g/mol. The minimum atomic E-state index is -4.83. The molecule has 29 heavy (non-hydrogen) atoms. The lowest BCUT2D eigenvalue weighted by molar-refractivity contribution is -0.274. The number of carbonyl (C=O) groups is 2. The first-order chi connectivity index (χ1) is 13.4. The van der Waals surface area contributed by atoms with Crippen molar-refractivity contribution >= 4 is 49.5 Å². The molecule has 1 aliphatic rings. The predicted molar refractivity (Wildman–Crippen MR) is 105 cm³/mol. The number of alkyl halides is 3. The molecule has 1 aromatic heterocycles. The van der Waals surface area contributed by atoms with Crippen molar-refractivity contribution in [1.29, 1.82) is 0 Å². The highest BCUT2D eigenvalue weighted by atomic mass is 79.9. The zero-order valence-corrected chi connectivity index (χ0v) is 18.3. The van der Waals surface area contributed by atoms with Crippen LogP contribution in [0.15, 0.2) is 45.6 Å². The first kappa shape index (κ1) is 21.6. The highest BCUT2D eigenvalue weighted by Gasteiger charge is 2.51. The van der Waals surface area contributed by atoms with Gasteiger partial charge in [-0.05, 0) is 87.7 Å². The molecule has 0 bridgehead atoms. The second kappa shape index (κ2) is 7.60. The third kappa shape index (κ3) is 4.55. The summed E-state index contributed by atoms with van der Waals surface area (Å²) >= 11 is 6.56. The highest BCUT2D eigenvalue weighted by Crippen LogP contribution is 2.35. The first-order valence-corrected chi connectivity index (χ1v) is 9.81. The van der Waals surface area contributed by atoms with Crippen molar-refractivity contribution in [2.24, 2.45) is 0 Å². The summed E-state index contributed by atoms with van der Waals surface area (Å²) in [4.78, 5) is 32.4. The van der Waals surface area contributed by atoms with E-state index in [0.717, 1.165) is 22.6 Å². The van der Waals surface area contributed by atoms with Crippen LogP contribution in [0.4, 0.5) is 23.7 Å². The molecule has 0 saturated carbocycles. The molecule has 0 atom stereocenters. The molecule has 1 aliphatic heterocycles. The molecule has 1 saturated heterocycles. The Labute approximate surface area is 180 Å². The fourth-order valence-electron chi connectivity index (χ4n) is 2.91. The summed E-state index contributed by atoms with van der Waals surface area (Å²) in [6.45, 7) is 3.36. The summed E-state index contributed by atoms with van der Waals surface area (Å²) in [5.41, 5.74) is -0.258. The Bertz CT molecular complexity index is 945. The second-order valence-electron chi connectivity index (χ2n) is 6.73. The fraction of sp³-hybridized carbons (Fsp3) is 0.278. The average Bonchev–Trinajstić information content (AvgIpc) is 2.74. The number of halogens is 5. The third-order valence-corrected chi connectivity index (χ3v) is 5.13. The topological polar surface area (TPSA) is 62.7 Å². The van der Waals surface area contributed by atoms with Crippen molar-refractivity contribution in [3.8, 4) is 5.75 Å². The number of aromatic nitrogens is 1. The van der Waals surface area contributed by atoms with Crippen molar-refractivity contribution in [3.63, 3.8) is 0 Å². The third-order valence-electron chi connectivity index (χ3n) is 4.32. The van der Waals surface area contributed by atoms with Crippen LogP contribution in [0.1, 0.15) is 19.4 Å². The van der Waals surface area contributed by atoms with Crippen molar-refractivity contribution in [2.45, 2.75) is 32.3 Å². The van der Waals surface area contributed by atoms with E-state index in [1.165, 1.54) is 17.0 Å². The Morgan fingerprint density at radius 2 is 1.62 bits per heavy atom. The maximum atomic E-state index is 13.0. The maximum Gasteiger partial charge on any atom is 0.573 e. The van der Waals surface area contributed by atoms with Gasteiger partial charge in [-0.3, -0.25) is 4.79 Å². The van der Waals surface area contributed by atoms with E-state index in [2.05, 4.69) is 41.6 Å². The van der Waals surface area contributed by atoms with E-state index in [1.807, 2.05) is 0 Å². The number of pyridine rings is 1. The molecule has 1 fully saturated rings. The van der Waals surface area contributed by atoms with Crippen LogP contribution in [0.5, 0.6) is 5.75 Å². The molecule has 154 valence electrons. The van der Waals surface area contributed by atoms with Crippen LogP contribution in [0.3, 0.4) is 0 Å². The lowest BCUT2D eigenvalue weighted by Crippen LogP contribution is -2.43. The zero-order chi connectivity index (χ0) is 21.6. The molecule has 3 amide bonds. The van der Waals surface area contributed by atoms with Gasteiger partial charge in [-0.15, -0.1) is 13.2 Å². The molecular weight excluding hydrogens is 523 g/mol. The maximum absolute atomic E-state index is 13.0. The van der Waals surface area contributed by atoms with E-state index in [0.29, 0.717) is 9.21 Å². The lowest BCUT2D eigenvalue weighted by Gasteiger charge is -2.27. The quantitative estimate of drug-likeness (QED) is 0.395. The number of anilines is 1. The normalized spacial score (nSPS) is 16.5. The standard InChI is InChI=1S/C18H14Br2F3N3O3/c1-17(2)15(27)26(11-3-5-12(6-4-11)29-18(21,22)23)16(28)25(17)9-10-7-13(19)24-14(20)8-10/h3-8H,9H2,1-2H3. The van der Waals surface area contributed by atoms with Crippen molar-refractivity contribution in [1.82, 2.24) is 9.88 Å². The number of benzene rings is 1. The van der Waals surface area contributed by atoms with Crippen molar-refractivity contribution in [3.05, 3.63) is 51.2 Å². The van der Waals surface area contributed by atoms with Gasteiger partial charge in [-0.25, -0.2) is 14.7 Å².